The van der Waals surface area contributed by atoms with Gasteiger partial charge in [-0.2, -0.15) is 0 Å². The Morgan fingerprint density at radius 2 is 1.97 bits per heavy atom. The fourth-order valence-corrected chi connectivity index (χ4v) is 3.51. The van der Waals surface area contributed by atoms with Crippen LogP contribution in [0.3, 0.4) is 0 Å². The van der Waals surface area contributed by atoms with E-state index < -0.39 is 24.4 Å². The van der Waals surface area contributed by atoms with Gasteiger partial charge < -0.3 is 29.2 Å². The van der Waals surface area contributed by atoms with Crippen LogP contribution in [-0.2, 0) is 25.7 Å². The molecule has 1 fully saturated rings. The molecule has 1 saturated heterocycles. The molecule has 4 rings (SSSR count). The third kappa shape index (κ3) is 4.55. The largest absolute Gasteiger partial charge is 0.495 e. The first-order valence-electron chi connectivity index (χ1n) is 9.80. The molecule has 2 amide bonds. The van der Waals surface area contributed by atoms with Crippen LogP contribution in [0.5, 0.6) is 17.2 Å². The highest BCUT2D eigenvalue weighted by Gasteiger charge is 2.37. The number of nitrogens with one attached hydrogen (secondary N) is 1. The Kier molecular flexibility index (Phi) is 5.92. The van der Waals surface area contributed by atoms with Crippen molar-refractivity contribution in [3.8, 4) is 17.2 Å². The molecule has 1 N–H and O–H groups in total. The molecule has 9 heteroatoms. The number of hydrogen-bond donors (Lipinski definition) is 1. The molecule has 0 bridgehead atoms. The maximum atomic E-state index is 12.4. The molecule has 0 radical (unpaired) electrons. The number of carbonyl (C=O) groups excluding carboxylic acids is 3. The highest BCUT2D eigenvalue weighted by atomic mass is 16.7. The van der Waals surface area contributed by atoms with Gasteiger partial charge >= 0.3 is 5.97 Å². The van der Waals surface area contributed by atoms with E-state index in [0.29, 0.717) is 22.9 Å². The van der Waals surface area contributed by atoms with Crippen molar-refractivity contribution in [1.82, 2.24) is 5.32 Å². The third-order valence-electron chi connectivity index (χ3n) is 5.11. The Morgan fingerprint density at radius 3 is 2.81 bits per heavy atom. The zero-order valence-electron chi connectivity index (χ0n) is 17.0. The first kappa shape index (κ1) is 20.5. The molecule has 31 heavy (non-hydrogen) atoms. The minimum atomic E-state index is -0.640. The van der Waals surface area contributed by atoms with E-state index in [1.54, 1.807) is 36.4 Å². The van der Waals surface area contributed by atoms with Crippen molar-refractivity contribution in [2.75, 3.05) is 32.0 Å². The second-order valence-corrected chi connectivity index (χ2v) is 7.15. The van der Waals surface area contributed by atoms with Crippen LogP contribution in [0.1, 0.15) is 12.0 Å². The lowest BCUT2D eigenvalue weighted by atomic mass is 10.1. The van der Waals surface area contributed by atoms with Gasteiger partial charge in [0.1, 0.15) is 5.75 Å². The van der Waals surface area contributed by atoms with Crippen LogP contribution in [-0.4, -0.2) is 44.8 Å². The van der Waals surface area contributed by atoms with Crippen LogP contribution in [0.4, 0.5) is 5.69 Å². The standard InChI is InChI=1S/C22H22N2O7/c1-28-17-5-3-2-4-16(17)24-11-15(9-21(24)26)22(27)29-12-20(25)23-10-14-6-7-18-19(8-14)31-13-30-18/h2-8,15H,9-13H2,1H3,(H,23,25)/t15-/m1/s1. The summed E-state index contributed by atoms with van der Waals surface area (Å²) in [6.07, 6.45) is 0.0235. The molecule has 2 heterocycles. The summed E-state index contributed by atoms with van der Waals surface area (Å²) in [5.41, 5.74) is 1.43. The maximum absolute atomic E-state index is 12.4. The van der Waals surface area contributed by atoms with Crippen molar-refractivity contribution >= 4 is 23.5 Å². The molecule has 0 aromatic heterocycles. The summed E-state index contributed by atoms with van der Waals surface area (Å²) in [6.45, 7) is 0.204. The Bertz CT molecular complexity index is 1010. The molecule has 0 spiro atoms. The van der Waals surface area contributed by atoms with Crippen molar-refractivity contribution in [3.05, 3.63) is 48.0 Å². The van der Waals surface area contributed by atoms with Crippen LogP contribution in [0.2, 0.25) is 0 Å². The second kappa shape index (κ2) is 8.95. The van der Waals surface area contributed by atoms with E-state index in [1.807, 2.05) is 6.07 Å². The third-order valence-corrected chi connectivity index (χ3v) is 5.11. The molecular formula is C22H22N2O7. The molecule has 2 aromatic rings. The van der Waals surface area contributed by atoms with Gasteiger partial charge in [0, 0.05) is 19.5 Å². The van der Waals surface area contributed by atoms with E-state index >= 15 is 0 Å². The summed E-state index contributed by atoms with van der Waals surface area (Å²) in [6, 6.07) is 12.5. The maximum Gasteiger partial charge on any atom is 0.311 e. The number of amides is 2. The first-order valence-corrected chi connectivity index (χ1v) is 9.80. The number of esters is 1. The van der Waals surface area contributed by atoms with E-state index in [-0.39, 0.29) is 32.2 Å². The average molecular weight is 426 g/mol. The van der Waals surface area contributed by atoms with Gasteiger partial charge in [-0.1, -0.05) is 18.2 Å². The molecule has 2 aliphatic heterocycles. The second-order valence-electron chi connectivity index (χ2n) is 7.15. The van der Waals surface area contributed by atoms with Gasteiger partial charge in [0.15, 0.2) is 18.1 Å². The predicted octanol–water partition coefficient (Wildman–Crippen LogP) is 1.64. The van der Waals surface area contributed by atoms with Crippen molar-refractivity contribution < 1.29 is 33.3 Å². The SMILES string of the molecule is COc1ccccc1N1C[C@H](C(=O)OCC(=O)NCc2ccc3c(c2)OCO3)CC1=O. The monoisotopic (exact) mass is 426 g/mol. The number of anilines is 1. The number of fused-ring (bicyclic) bond motifs is 1. The van der Waals surface area contributed by atoms with E-state index in [1.165, 1.54) is 12.0 Å². The van der Waals surface area contributed by atoms with Crippen molar-refractivity contribution in [2.45, 2.75) is 13.0 Å². The number of carbonyl (C=O) groups is 3. The number of nitrogens with zero attached hydrogens (tertiary/aromatic N) is 1. The average Bonchev–Trinajstić information content (AvgIpc) is 3.42. The molecule has 9 nitrogen and oxygen atoms in total. The lowest BCUT2D eigenvalue weighted by Gasteiger charge is -2.19. The van der Waals surface area contributed by atoms with E-state index in [9.17, 15) is 14.4 Å². The Balaban J connectivity index is 1.26. The predicted molar refractivity (Wildman–Crippen MR) is 109 cm³/mol. The highest BCUT2D eigenvalue weighted by molar-refractivity contribution is 6.00. The van der Waals surface area contributed by atoms with Crippen molar-refractivity contribution in [3.63, 3.8) is 0 Å². The minimum Gasteiger partial charge on any atom is -0.495 e. The number of benzene rings is 2. The Labute approximate surface area is 178 Å². The van der Waals surface area contributed by atoms with E-state index in [4.69, 9.17) is 18.9 Å². The van der Waals surface area contributed by atoms with E-state index in [0.717, 1.165) is 5.56 Å². The molecule has 2 aromatic carbocycles. The van der Waals surface area contributed by atoms with Gasteiger partial charge in [0.2, 0.25) is 12.7 Å². The van der Waals surface area contributed by atoms with Crippen molar-refractivity contribution in [2.24, 2.45) is 5.92 Å². The number of hydrogen-bond acceptors (Lipinski definition) is 7. The lowest BCUT2D eigenvalue weighted by molar-refractivity contribution is -0.152. The van der Waals surface area contributed by atoms with Crippen LogP contribution in [0, 0.1) is 5.92 Å². The topological polar surface area (TPSA) is 103 Å². The molecular weight excluding hydrogens is 404 g/mol. The quantitative estimate of drug-likeness (QED) is 0.672. The molecule has 0 saturated carbocycles. The molecule has 162 valence electrons. The summed E-state index contributed by atoms with van der Waals surface area (Å²) < 4.78 is 21.0. The van der Waals surface area contributed by atoms with Crippen molar-refractivity contribution in [1.29, 1.82) is 0 Å². The summed E-state index contributed by atoms with van der Waals surface area (Å²) >= 11 is 0. The number of methoxy groups -OCH3 is 1. The first-order chi connectivity index (χ1) is 15.0. The van der Waals surface area contributed by atoms with Gasteiger partial charge in [-0.3, -0.25) is 14.4 Å². The molecule has 2 aliphatic rings. The normalized spacial score (nSPS) is 16.9. The summed E-state index contributed by atoms with van der Waals surface area (Å²) in [5.74, 6) is -0.00703. The number of para-hydroxylation sites is 2. The van der Waals surface area contributed by atoms with Crippen LogP contribution >= 0.6 is 0 Å². The summed E-state index contributed by atoms with van der Waals surface area (Å²) in [7, 11) is 1.52. The minimum absolute atomic E-state index is 0.0235. The zero-order valence-corrected chi connectivity index (χ0v) is 17.0. The Hall–Kier alpha value is -3.75. The van der Waals surface area contributed by atoms with Gasteiger partial charge in [-0.25, -0.2) is 0 Å². The van der Waals surface area contributed by atoms with Crippen LogP contribution in [0.15, 0.2) is 42.5 Å². The molecule has 0 unspecified atom stereocenters. The fourth-order valence-electron chi connectivity index (χ4n) is 3.51. The number of rotatable bonds is 7. The smallest absolute Gasteiger partial charge is 0.311 e. The lowest BCUT2D eigenvalue weighted by Crippen LogP contribution is -2.31. The Morgan fingerprint density at radius 1 is 1.16 bits per heavy atom. The van der Waals surface area contributed by atoms with Crippen LogP contribution < -0.4 is 24.4 Å². The highest BCUT2D eigenvalue weighted by Crippen LogP contribution is 2.33. The van der Waals surface area contributed by atoms with Gasteiger partial charge in [-0.15, -0.1) is 0 Å². The summed E-state index contributed by atoms with van der Waals surface area (Å²) in [4.78, 5) is 38.4. The zero-order chi connectivity index (χ0) is 21.8. The van der Waals surface area contributed by atoms with E-state index in [2.05, 4.69) is 5.32 Å². The molecule has 1 atom stereocenters. The molecule has 0 aliphatic carbocycles. The number of ether oxygens (including phenoxy) is 4. The fraction of sp³-hybridized carbons (Fsp3) is 0.318. The summed E-state index contributed by atoms with van der Waals surface area (Å²) in [5, 5.41) is 2.69. The van der Waals surface area contributed by atoms with Crippen LogP contribution in [0.25, 0.3) is 0 Å². The van der Waals surface area contributed by atoms with Gasteiger partial charge in [0.05, 0.1) is 18.7 Å². The van der Waals surface area contributed by atoms with Gasteiger partial charge in [-0.05, 0) is 29.8 Å². The van der Waals surface area contributed by atoms with Gasteiger partial charge in [0.25, 0.3) is 5.91 Å².